The molecule has 2 aliphatic rings. The standard InChI is InChI=1S/C21H19NO4/c1-13-15-6-2-3-7-16(15)24-19(13)20(23)22-14-8-9-17-18(12-14)26-21(25-17)10-4-5-11-21/h2-3,6-9,12H,4-5,10-11H2,1H3,(H,22,23). The molecule has 26 heavy (non-hydrogen) atoms. The minimum absolute atomic E-state index is 0.270. The molecule has 1 fully saturated rings. The lowest BCUT2D eigenvalue weighted by molar-refractivity contribution is -0.0716. The third-order valence-electron chi connectivity index (χ3n) is 5.21. The van der Waals surface area contributed by atoms with Gasteiger partial charge in [0, 0.05) is 35.5 Å². The molecule has 0 radical (unpaired) electrons. The van der Waals surface area contributed by atoms with E-state index in [-0.39, 0.29) is 5.91 Å². The molecule has 1 saturated carbocycles. The second-order valence-electron chi connectivity index (χ2n) is 6.99. The Bertz CT molecular complexity index is 1010. The highest BCUT2D eigenvalue weighted by Crippen LogP contribution is 2.47. The number of furan rings is 1. The molecule has 2 aromatic carbocycles. The second kappa shape index (κ2) is 5.53. The molecular weight excluding hydrogens is 330 g/mol. The normalized spacial score (nSPS) is 17.1. The second-order valence-corrected chi connectivity index (χ2v) is 6.99. The van der Waals surface area contributed by atoms with Crippen molar-refractivity contribution in [2.45, 2.75) is 38.4 Å². The van der Waals surface area contributed by atoms with E-state index >= 15 is 0 Å². The monoisotopic (exact) mass is 349 g/mol. The lowest BCUT2D eigenvalue weighted by atomic mass is 10.1. The molecule has 5 heteroatoms. The summed E-state index contributed by atoms with van der Waals surface area (Å²) in [6.45, 7) is 1.89. The predicted molar refractivity (Wildman–Crippen MR) is 97.8 cm³/mol. The fourth-order valence-electron chi connectivity index (χ4n) is 3.87. The van der Waals surface area contributed by atoms with Gasteiger partial charge in [0.15, 0.2) is 17.3 Å². The minimum Gasteiger partial charge on any atom is -0.451 e. The topological polar surface area (TPSA) is 60.7 Å². The Balaban J connectivity index is 1.40. The number of amides is 1. The lowest BCUT2D eigenvalue weighted by Gasteiger charge is -2.21. The third-order valence-corrected chi connectivity index (χ3v) is 5.21. The number of rotatable bonds is 2. The summed E-state index contributed by atoms with van der Waals surface area (Å²) in [5, 5.41) is 3.85. The van der Waals surface area contributed by atoms with E-state index in [1.807, 2.05) is 49.4 Å². The zero-order chi connectivity index (χ0) is 17.7. The molecule has 5 rings (SSSR count). The summed E-state index contributed by atoms with van der Waals surface area (Å²) in [7, 11) is 0. The third kappa shape index (κ3) is 2.35. The minimum atomic E-state index is -0.500. The fourth-order valence-corrected chi connectivity index (χ4v) is 3.87. The van der Waals surface area contributed by atoms with E-state index in [9.17, 15) is 4.79 Å². The molecule has 1 N–H and O–H groups in total. The largest absolute Gasteiger partial charge is 0.451 e. The van der Waals surface area contributed by atoms with Crippen molar-refractivity contribution in [1.82, 2.24) is 0 Å². The molecule has 1 spiro atoms. The SMILES string of the molecule is Cc1c(C(=O)Nc2ccc3c(c2)OC2(CCCC2)O3)oc2ccccc12. The van der Waals surface area contributed by atoms with Crippen molar-refractivity contribution < 1.29 is 18.7 Å². The van der Waals surface area contributed by atoms with Crippen LogP contribution < -0.4 is 14.8 Å². The van der Waals surface area contributed by atoms with Crippen molar-refractivity contribution in [1.29, 1.82) is 0 Å². The van der Waals surface area contributed by atoms with Crippen molar-refractivity contribution in [3.05, 3.63) is 53.8 Å². The number of fused-ring (bicyclic) bond motifs is 2. The van der Waals surface area contributed by atoms with Crippen LogP contribution in [0.2, 0.25) is 0 Å². The zero-order valence-electron chi connectivity index (χ0n) is 14.5. The van der Waals surface area contributed by atoms with E-state index in [0.717, 1.165) is 42.4 Å². The van der Waals surface area contributed by atoms with Gasteiger partial charge < -0.3 is 19.2 Å². The fraction of sp³-hybridized carbons (Fsp3) is 0.286. The van der Waals surface area contributed by atoms with Gasteiger partial charge in [0.2, 0.25) is 0 Å². The summed E-state index contributed by atoms with van der Waals surface area (Å²) in [5.74, 6) is 0.987. The highest BCUT2D eigenvalue weighted by atomic mass is 16.7. The van der Waals surface area contributed by atoms with Gasteiger partial charge in [-0.1, -0.05) is 18.2 Å². The van der Waals surface area contributed by atoms with Crippen LogP contribution in [0.15, 0.2) is 46.9 Å². The van der Waals surface area contributed by atoms with Gasteiger partial charge in [0.05, 0.1) is 0 Å². The first-order chi connectivity index (χ1) is 12.6. The van der Waals surface area contributed by atoms with E-state index < -0.39 is 5.79 Å². The number of carbonyl (C=O) groups excluding carboxylic acids is 1. The van der Waals surface area contributed by atoms with Crippen LogP contribution in [0.25, 0.3) is 11.0 Å². The molecule has 3 aromatic rings. The molecule has 0 bridgehead atoms. The Morgan fingerprint density at radius 3 is 2.62 bits per heavy atom. The Morgan fingerprint density at radius 1 is 1.04 bits per heavy atom. The van der Waals surface area contributed by atoms with Crippen molar-refractivity contribution in [2.24, 2.45) is 0 Å². The Hall–Kier alpha value is -2.95. The van der Waals surface area contributed by atoms with Crippen LogP contribution in [0.5, 0.6) is 11.5 Å². The number of nitrogens with one attached hydrogen (secondary N) is 1. The molecule has 1 aromatic heterocycles. The van der Waals surface area contributed by atoms with E-state index in [1.165, 1.54) is 0 Å². The number of anilines is 1. The molecule has 2 heterocycles. The number of para-hydroxylation sites is 1. The van der Waals surface area contributed by atoms with Crippen LogP contribution in [0, 0.1) is 6.92 Å². The number of carbonyl (C=O) groups is 1. The van der Waals surface area contributed by atoms with E-state index in [0.29, 0.717) is 22.8 Å². The van der Waals surface area contributed by atoms with Gasteiger partial charge in [-0.2, -0.15) is 0 Å². The van der Waals surface area contributed by atoms with Gasteiger partial charge in [-0.3, -0.25) is 4.79 Å². The van der Waals surface area contributed by atoms with Crippen LogP contribution in [0.3, 0.4) is 0 Å². The molecule has 0 atom stereocenters. The summed E-state index contributed by atoms with van der Waals surface area (Å²) in [5.41, 5.74) is 2.21. The molecule has 0 saturated heterocycles. The lowest BCUT2D eigenvalue weighted by Crippen LogP contribution is -2.34. The number of ether oxygens (including phenoxy) is 2. The number of benzene rings is 2. The van der Waals surface area contributed by atoms with Crippen molar-refractivity contribution >= 4 is 22.6 Å². The van der Waals surface area contributed by atoms with Crippen LogP contribution in [-0.2, 0) is 0 Å². The maximum absolute atomic E-state index is 12.7. The first kappa shape index (κ1) is 15.3. The summed E-state index contributed by atoms with van der Waals surface area (Å²) in [6.07, 6.45) is 4.04. The van der Waals surface area contributed by atoms with Crippen molar-refractivity contribution in [2.75, 3.05) is 5.32 Å². The van der Waals surface area contributed by atoms with Crippen molar-refractivity contribution in [3.8, 4) is 11.5 Å². The number of aryl methyl sites for hydroxylation is 1. The zero-order valence-corrected chi connectivity index (χ0v) is 14.5. The maximum Gasteiger partial charge on any atom is 0.291 e. The Labute approximate surface area is 150 Å². The van der Waals surface area contributed by atoms with Gasteiger partial charge in [-0.25, -0.2) is 0 Å². The van der Waals surface area contributed by atoms with Gasteiger partial charge in [-0.15, -0.1) is 0 Å². The Morgan fingerprint density at radius 2 is 1.81 bits per heavy atom. The van der Waals surface area contributed by atoms with Gasteiger partial charge in [0.1, 0.15) is 5.58 Å². The first-order valence-corrected chi connectivity index (χ1v) is 8.95. The first-order valence-electron chi connectivity index (χ1n) is 8.95. The highest BCUT2D eigenvalue weighted by Gasteiger charge is 2.44. The molecule has 5 nitrogen and oxygen atoms in total. The van der Waals surface area contributed by atoms with Crippen molar-refractivity contribution in [3.63, 3.8) is 0 Å². The summed E-state index contributed by atoms with van der Waals surface area (Å²) >= 11 is 0. The van der Waals surface area contributed by atoms with Crippen LogP contribution >= 0.6 is 0 Å². The quantitative estimate of drug-likeness (QED) is 0.704. The predicted octanol–water partition coefficient (Wildman–Crippen LogP) is 5.04. The van der Waals surface area contributed by atoms with Gasteiger partial charge in [-0.05, 0) is 38.0 Å². The average molecular weight is 349 g/mol. The average Bonchev–Trinajstić information content (AvgIpc) is 3.33. The van der Waals surface area contributed by atoms with Crippen LogP contribution in [0.1, 0.15) is 41.8 Å². The van der Waals surface area contributed by atoms with Crippen LogP contribution in [0.4, 0.5) is 5.69 Å². The van der Waals surface area contributed by atoms with Gasteiger partial charge in [0.25, 0.3) is 11.7 Å². The molecule has 1 aliphatic carbocycles. The molecule has 132 valence electrons. The van der Waals surface area contributed by atoms with Gasteiger partial charge >= 0.3 is 0 Å². The molecular formula is C21H19NO4. The maximum atomic E-state index is 12.7. The summed E-state index contributed by atoms with van der Waals surface area (Å²) in [4.78, 5) is 12.7. The number of hydrogen-bond acceptors (Lipinski definition) is 4. The molecule has 1 aliphatic heterocycles. The smallest absolute Gasteiger partial charge is 0.291 e. The summed E-state index contributed by atoms with van der Waals surface area (Å²) < 4.78 is 17.8. The molecule has 1 amide bonds. The van der Waals surface area contributed by atoms with E-state index in [1.54, 1.807) is 0 Å². The van der Waals surface area contributed by atoms with E-state index in [2.05, 4.69) is 5.32 Å². The summed E-state index contributed by atoms with van der Waals surface area (Å²) in [6, 6.07) is 13.1. The highest BCUT2D eigenvalue weighted by molar-refractivity contribution is 6.06. The van der Waals surface area contributed by atoms with Crippen LogP contribution in [-0.4, -0.2) is 11.7 Å². The molecule has 0 unspecified atom stereocenters. The van der Waals surface area contributed by atoms with E-state index in [4.69, 9.17) is 13.9 Å². The Kier molecular flexibility index (Phi) is 3.26. The number of hydrogen-bond donors (Lipinski definition) is 1.